The second-order valence-corrected chi connectivity index (χ2v) is 6.60. The first-order valence-electron chi connectivity index (χ1n) is 7.82. The van der Waals surface area contributed by atoms with Crippen molar-refractivity contribution in [1.82, 2.24) is 0 Å². The molecule has 0 aromatic carbocycles. The van der Waals surface area contributed by atoms with Crippen molar-refractivity contribution in [2.75, 3.05) is 20.8 Å². The summed E-state index contributed by atoms with van der Waals surface area (Å²) in [6.07, 6.45) is 7.24. The minimum atomic E-state index is -0.118. The number of esters is 1. The van der Waals surface area contributed by atoms with Gasteiger partial charge in [0.15, 0.2) is 0 Å². The fraction of sp³-hybridized carbons (Fsp3) is 0.824. The molecule has 2 aliphatic carbocycles. The molecule has 0 aliphatic heterocycles. The van der Waals surface area contributed by atoms with E-state index in [0.29, 0.717) is 18.4 Å². The van der Waals surface area contributed by atoms with Crippen LogP contribution in [0.4, 0.5) is 0 Å². The molecule has 0 N–H and O–H groups in total. The number of fused-ring (bicyclic) bond motifs is 1. The Bertz CT molecular complexity index is 374. The second kappa shape index (κ2) is 6.75. The highest BCUT2D eigenvalue weighted by molar-refractivity contribution is 5.73. The number of hydrogen-bond donors (Lipinski definition) is 0. The van der Waals surface area contributed by atoms with Crippen LogP contribution in [0.2, 0.25) is 0 Å². The van der Waals surface area contributed by atoms with E-state index in [1.807, 2.05) is 0 Å². The van der Waals surface area contributed by atoms with Crippen LogP contribution < -0.4 is 0 Å². The van der Waals surface area contributed by atoms with Gasteiger partial charge < -0.3 is 9.47 Å². The van der Waals surface area contributed by atoms with E-state index < -0.39 is 0 Å². The monoisotopic (exact) mass is 280 g/mol. The summed E-state index contributed by atoms with van der Waals surface area (Å²) in [6.45, 7) is 5.06. The quantitative estimate of drug-likeness (QED) is 0.584. The molecule has 0 radical (unpaired) electrons. The lowest BCUT2D eigenvalue weighted by atomic mass is 9.60. The molecule has 1 unspecified atom stereocenters. The number of carbonyl (C=O) groups excluding carboxylic acids is 1. The minimum Gasteiger partial charge on any atom is -0.469 e. The first-order chi connectivity index (χ1) is 9.58. The van der Waals surface area contributed by atoms with Crippen molar-refractivity contribution in [2.45, 2.75) is 39.5 Å². The lowest BCUT2D eigenvalue weighted by molar-refractivity contribution is -0.152. The number of methoxy groups -OCH3 is 2. The van der Waals surface area contributed by atoms with Crippen LogP contribution in [0.25, 0.3) is 0 Å². The number of carbonyl (C=O) groups is 1. The van der Waals surface area contributed by atoms with E-state index in [9.17, 15) is 4.79 Å². The smallest absolute Gasteiger partial charge is 0.311 e. The number of hydrogen-bond acceptors (Lipinski definition) is 3. The van der Waals surface area contributed by atoms with Crippen LogP contribution in [0.15, 0.2) is 11.6 Å². The summed E-state index contributed by atoms with van der Waals surface area (Å²) in [6, 6.07) is 0. The molecule has 0 spiro atoms. The van der Waals surface area contributed by atoms with Crippen LogP contribution in [0.3, 0.4) is 0 Å². The van der Waals surface area contributed by atoms with Gasteiger partial charge in [0.05, 0.1) is 19.6 Å². The molecule has 5 atom stereocenters. The fourth-order valence-corrected chi connectivity index (χ4v) is 4.26. The molecular weight excluding hydrogens is 252 g/mol. The zero-order valence-corrected chi connectivity index (χ0v) is 13.2. The van der Waals surface area contributed by atoms with Crippen molar-refractivity contribution in [2.24, 2.45) is 29.6 Å². The molecule has 114 valence electrons. The Kier molecular flexibility index (Phi) is 5.25. The molecule has 1 fully saturated rings. The van der Waals surface area contributed by atoms with Gasteiger partial charge >= 0.3 is 5.97 Å². The van der Waals surface area contributed by atoms with Gasteiger partial charge in [-0.2, -0.15) is 0 Å². The van der Waals surface area contributed by atoms with E-state index in [2.05, 4.69) is 19.9 Å². The number of rotatable bonds is 4. The van der Waals surface area contributed by atoms with Crippen LogP contribution in [0.1, 0.15) is 39.5 Å². The normalized spacial score (nSPS) is 34.9. The first-order valence-corrected chi connectivity index (χ1v) is 7.82. The van der Waals surface area contributed by atoms with Crippen LogP contribution in [0.5, 0.6) is 0 Å². The Labute approximate surface area is 122 Å². The summed E-state index contributed by atoms with van der Waals surface area (Å²) >= 11 is 0. The number of ether oxygens (including phenoxy) is 2. The van der Waals surface area contributed by atoms with Gasteiger partial charge in [-0.3, -0.25) is 4.79 Å². The molecule has 1 saturated carbocycles. The second-order valence-electron chi connectivity index (χ2n) is 6.60. The van der Waals surface area contributed by atoms with Gasteiger partial charge in [0.2, 0.25) is 0 Å². The predicted octanol–water partition coefficient (Wildman–Crippen LogP) is 3.44. The highest BCUT2D eigenvalue weighted by atomic mass is 16.5. The highest BCUT2D eigenvalue weighted by Crippen LogP contribution is 2.48. The van der Waals surface area contributed by atoms with E-state index >= 15 is 0 Å². The van der Waals surface area contributed by atoms with E-state index in [4.69, 9.17) is 9.47 Å². The molecule has 0 amide bonds. The van der Waals surface area contributed by atoms with Crippen molar-refractivity contribution < 1.29 is 14.3 Å². The molecule has 20 heavy (non-hydrogen) atoms. The van der Waals surface area contributed by atoms with Crippen LogP contribution in [-0.2, 0) is 14.3 Å². The van der Waals surface area contributed by atoms with Crippen molar-refractivity contribution in [3.05, 3.63) is 11.6 Å². The molecule has 0 aromatic heterocycles. The molecule has 3 nitrogen and oxygen atoms in total. The molecule has 3 heteroatoms. The molecule has 0 heterocycles. The van der Waals surface area contributed by atoms with Gasteiger partial charge in [0.25, 0.3) is 0 Å². The molecule has 0 aromatic rings. The summed E-state index contributed by atoms with van der Waals surface area (Å²) in [4.78, 5) is 12.1. The zero-order chi connectivity index (χ0) is 14.7. The van der Waals surface area contributed by atoms with Crippen molar-refractivity contribution in [1.29, 1.82) is 0 Å². The molecule has 2 aliphatic rings. The lowest BCUT2D eigenvalue weighted by Crippen LogP contribution is -2.42. The van der Waals surface area contributed by atoms with Gasteiger partial charge in [-0.1, -0.05) is 25.0 Å². The molecular formula is C17H28O3. The third-order valence-corrected chi connectivity index (χ3v) is 5.39. The Morgan fingerprint density at radius 3 is 2.75 bits per heavy atom. The standard InChI is InChI=1S/C17H28O3/c1-11-5-7-13-12(2)6-8-14(15(13)9-11)16(10-19-3)17(18)20-4/h9,12-16H,5-8,10H2,1-4H3/t12-,13+,14-,15+,16?/m1/s1. The largest absolute Gasteiger partial charge is 0.469 e. The minimum absolute atomic E-state index is 0.109. The molecule has 2 rings (SSSR count). The van der Waals surface area contributed by atoms with Crippen molar-refractivity contribution in [3.63, 3.8) is 0 Å². The maximum Gasteiger partial charge on any atom is 0.311 e. The maximum absolute atomic E-state index is 12.1. The van der Waals surface area contributed by atoms with Crippen molar-refractivity contribution >= 4 is 5.97 Å². The van der Waals surface area contributed by atoms with E-state index in [0.717, 1.165) is 18.3 Å². The number of allylic oxidation sites excluding steroid dienone is 2. The molecule has 0 saturated heterocycles. The highest BCUT2D eigenvalue weighted by Gasteiger charge is 2.43. The third-order valence-electron chi connectivity index (χ3n) is 5.39. The van der Waals surface area contributed by atoms with Gasteiger partial charge in [-0.15, -0.1) is 0 Å². The Morgan fingerprint density at radius 1 is 1.35 bits per heavy atom. The van der Waals surface area contributed by atoms with Gasteiger partial charge in [0, 0.05) is 7.11 Å². The average Bonchev–Trinajstić information content (AvgIpc) is 2.45. The third kappa shape index (κ3) is 3.08. The van der Waals surface area contributed by atoms with E-state index in [1.165, 1.54) is 31.9 Å². The first kappa shape index (κ1) is 15.6. The predicted molar refractivity (Wildman–Crippen MR) is 79.2 cm³/mol. The van der Waals surface area contributed by atoms with Crippen molar-refractivity contribution in [3.8, 4) is 0 Å². The van der Waals surface area contributed by atoms with E-state index in [1.54, 1.807) is 7.11 Å². The Morgan fingerprint density at radius 2 is 2.10 bits per heavy atom. The summed E-state index contributed by atoms with van der Waals surface area (Å²) in [5, 5.41) is 0. The molecule has 0 bridgehead atoms. The average molecular weight is 280 g/mol. The fourth-order valence-electron chi connectivity index (χ4n) is 4.26. The van der Waals surface area contributed by atoms with Crippen LogP contribution >= 0.6 is 0 Å². The van der Waals surface area contributed by atoms with Gasteiger partial charge in [-0.25, -0.2) is 0 Å². The summed E-state index contributed by atoms with van der Waals surface area (Å²) in [7, 11) is 3.15. The summed E-state index contributed by atoms with van der Waals surface area (Å²) in [5.74, 6) is 2.16. The van der Waals surface area contributed by atoms with Crippen LogP contribution in [-0.4, -0.2) is 26.8 Å². The van der Waals surface area contributed by atoms with Gasteiger partial charge in [-0.05, 0) is 49.9 Å². The van der Waals surface area contributed by atoms with Gasteiger partial charge in [0.1, 0.15) is 0 Å². The van der Waals surface area contributed by atoms with Crippen LogP contribution in [0, 0.1) is 29.6 Å². The SMILES string of the molecule is COCC(C(=O)OC)[C@@H]1CC[C@@H](C)[C@@H]2CCC(C)=C[C@@H]21. The lowest BCUT2D eigenvalue weighted by Gasteiger charge is -2.45. The van der Waals surface area contributed by atoms with E-state index in [-0.39, 0.29) is 11.9 Å². The topological polar surface area (TPSA) is 35.5 Å². The summed E-state index contributed by atoms with van der Waals surface area (Å²) < 4.78 is 10.3. The Balaban J connectivity index is 2.23. The Hall–Kier alpha value is -0.830. The maximum atomic E-state index is 12.1. The summed E-state index contributed by atoms with van der Waals surface area (Å²) in [5.41, 5.74) is 1.48. The zero-order valence-electron chi connectivity index (χ0n) is 13.2.